The first-order valence-corrected chi connectivity index (χ1v) is 4.47. The summed E-state index contributed by atoms with van der Waals surface area (Å²) in [5.41, 5.74) is 6.11. The summed E-state index contributed by atoms with van der Waals surface area (Å²) in [7, 11) is 0. The fourth-order valence-electron chi connectivity index (χ4n) is 1.10. The Labute approximate surface area is 86.5 Å². The summed E-state index contributed by atoms with van der Waals surface area (Å²) in [6, 6.07) is 9.35. The summed E-state index contributed by atoms with van der Waals surface area (Å²) in [6.07, 6.45) is 3.12. The third-order valence-electron chi connectivity index (χ3n) is 1.81. The van der Waals surface area contributed by atoms with Crippen molar-refractivity contribution < 1.29 is 4.79 Å². The number of H-pyrrole nitrogens is 1. The summed E-state index contributed by atoms with van der Waals surface area (Å²) in [5, 5.41) is 0. The van der Waals surface area contributed by atoms with Crippen LogP contribution in [0.3, 0.4) is 0 Å². The van der Waals surface area contributed by atoms with E-state index in [-0.39, 0.29) is 11.7 Å². The number of imidazole rings is 1. The minimum absolute atomic E-state index is 0.276. The number of nitrogens with zero attached hydrogens (tertiary/aromatic N) is 1. The Morgan fingerprint density at radius 3 is 2.73 bits per heavy atom. The molecule has 0 atom stereocenters. The lowest BCUT2D eigenvalue weighted by molar-refractivity contribution is 0.0953. The largest absolute Gasteiger partial charge is 0.340 e. The number of para-hydroxylation sites is 1. The van der Waals surface area contributed by atoms with Crippen LogP contribution in [0.25, 0.3) is 0 Å². The van der Waals surface area contributed by atoms with E-state index in [0.717, 1.165) is 5.69 Å². The number of aromatic amines is 1. The molecular formula is C10H10N4O. The molecule has 1 amide bonds. The molecule has 0 aliphatic rings. The van der Waals surface area contributed by atoms with Gasteiger partial charge in [0.05, 0.1) is 5.69 Å². The van der Waals surface area contributed by atoms with Gasteiger partial charge in [-0.25, -0.2) is 4.98 Å². The van der Waals surface area contributed by atoms with Gasteiger partial charge in [-0.15, -0.1) is 0 Å². The molecule has 0 unspecified atom stereocenters. The maximum atomic E-state index is 11.4. The number of hydrazine groups is 1. The third kappa shape index (κ3) is 2.34. The van der Waals surface area contributed by atoms with Crippen molar-refractivity contribution in [3.05, 3.63) is 48.5 Å². The van der Waals surface area contributed by atoms with Gasteiger partial charge in [0.1, 0.15) is 0 Å². The second-order valence-electron chi connectivity index (χ2n) is 2.88. The van der Waals surface area contributed by atoms with Crippen molar-refractivity contribution in [2.45, 2.75) is 0 Å². The molecule has 0 spiro atoms. The molecule has 2 rings (SSSR count). The molecular weight excluding hydrogens is 192 g/mol. The zero-order chi connectivity index (χ0) is 10.5. The Hall–Kier alpha value is -2.30. The van der Waals surface area contributed by atoms with E-state index in [9.17, 15) is 4.79 Å². The van der Waals surface area contributed by atoms with Gasteiger partial charge in [-0.2, -0.15) is 0 Å². The molecule has 15 heavy (non-hydrogen) atoms. The van der Waals surface area contributed by atoms with Gasteiger partial charge in [0.2, 0.25) is 0 Å². The number of nitrogens with one attached hydrogen (secondary N) is 3. The van der Waals surface area contributed by atoms with Crippen LogP contribution in [-0.4, -0.2) is 15.9 Å². The summed E-state index contributed by atoms with van der Waals surface area (Å²) in [5.74, 6) is -0.0257. The van der Waals surface area contributed by atoms with Crippen molar-refractivity contribution in [3.63, 3.8) is 0 Å². The highest BCUT2D eigenvalue weighted by molar-refractivity contribution is 5.91. The van der Waals surface area contributed by atoms with Crippen molar-refractivity contribution in [2.24, 2.45) is 0 Å². The predicted molar refractivity (Wildman–Crippen MR) is 56.1 cm³/mol. The van der Waals surface area contributed by atoms with E-state index >= 15 is 0 Å². The Balaban J connectivity index is 1.92. The van der Waals surface area contributed by atoms with Gasteiger partial charge in [-0.1, -0.05) is 18.2 Å². The van der Waals surface area contributed by atoms with Gasteiger partial charge in [0, 0.05) is 12.4 Å². The number of amides is 1. The first-order chi connectivity index (χ1) is 7.36. The maximum absolute atomic E-state index is 11.4. The minimum atomic E-state index is -0.302. The Kier molecular flexibility index (Phi) is 2.64. The average Bonchev–Trinajstić information content (AvgIpc) is 2.81. The zero-order valence-corrected chi connectivity index (χ0v) is 7.90. The number of benzene rings is 1. The Morgan fingerprint density at radius 1 is 1.27 bits per heavy atom. The van der Waals surface area contributed by atoms with E-state index in [1.54, 1.807) is 6.20 Å². The number of rotatable bonds is 3. The van der Waals surface area contributed by atoms with Crippen LogP contribution in [0.2, 0.25) is 0 Å². The molecule has 3 N–H and O–H groups in total. The summed E-state index contributed by atoms with van der Waals surface area (Å²) in [6.45, 7) is 0. The molecule has 0 fully saturated rings. The van der Waals surface area contributed by atoms with E-state index in [1.807, 2.05) is 30.3 Å². The monoisotopic (exact) mass is 202 g/mol. The van der Waals surface area contributed by atoms with E-state index in [1.165, 1.54) is 6.20 Å². The molecule has 5 heteroatoms. The van der Waals surface area contributed by atoms with E-state index < -0.39 is 0 Å². The number of carbonyl (C=O) groups excluding carboxylic acids is 1. The van der Waals surface area contributed by atoms with Crippen LogP contribution in [0.1, 0.15) is 10.6 Å². The fraction of sp³-hybridized carbons (Fsp3) is 0. The molecule has 1 heterocycles. The van der Waals surface area contributed by atoms with Crippen LogP contribution in [0, 0.1) is 0 Å². The SMILES string of the molecule is O=C(NNc1ccccc1)c1ncc[nH]1. The molecule has 1 aromatic heterocycles. The number of hydrogen-bond acceptors (Lipinski definition) is 3. The molecule has 0 aliphatic heterocycles. The van der Waals surface area contributed by atoms with E-state index in [2.05, 4.69) is 20.8 Å². The molecule has 0 aliphatic carbocycles. The van der Waals surface area contributed by atoms with Crippen molar-refractivity contribution in [1.82, 2.24) is 15.4 Å². The number of anilines is 1. The van der Waals surface area contributed by atoms with Gasteiger partial charge in [-0.3, -0.25) is 15.6 Å². The minimum Gasteiger partial charge on any atom is -0.340 e. The average molecular weight is 202 g/mol. The molecule has 1 aromatic carbocycles. The molecule has 2 aromatic rings. The van der Waals surface area contributed by atoms with Gasteiger partial charge >= 0.3 is 5.91 Å². The lowest BCUT2D eigenvalue weighted by Gasteiger charge is -2.05. The van der Waals surface area contributed by atoms with E-state index in [0.29, 0.717) is 0 Å². The van der Waals surface area contributed by atoms with Crippen molar-refractivity contribution >= 4 is 11.6 Å². The van der Waals surface area contributed by atoms with Crippen LogP contribution in [-0.2, 0) is 0 Å². The Bertz CT molecular complexity index is 424. The van der Waals surface area contributed by atoms with Crippen LogP contribution in [0.4, 0.5) is 5.69 Å². The molecule has 0 radical (unpaired) electrons. The molecule has 0 bridgehead atoms. The van der Waals surface area contributed by atoms with E-state index in [4.69, 9.17) is 0 Å². The zero-order valence-electron chi connectivity index (χ0n) is 7.90. The Morgan fingerprint density at radius 2 is 2.07 bits per heavy atom. The number of aromatic nitrogens is 2. The second-order valence-corrected chi connectivity index (χ2v) is 2.88. The lowest BCUT2D eigenvalue weighted by atomic mass is 10.3. The molecule has 0 saturated heterocycles. The third-order valence-corrected chi connectivity index (χ3v) is 1.81. The smallest absolute Gasteiger partial charge is 0.305 e. The van der Waals surface area contributed by atoms with Gasteiger partial charge in [0.15, 0.2) is 5.82 Å². The molecule has 76 valence electrons. The fourth-order valence-corrected chi connectivity index (χ4v) is 1.10. The first kappa shape index (κ1) is 9.26. The number of hydrogen-bond donors (Lipinski definition) is 3. The van der Waals surface area contributed by atoms with Crippen LogP contribution in [0.15, 0.2) is 42.7 Å². The van der Waals surface area contributed by atoms with Crippen molar-refractivity contribution in [3.8, 4) is 0 Å². The summed E-state index contributed by atoms with van der Waals surface area (Å²) >= 11 is 0. The van der Waals surface area contributed by atoms with Crippen molar-refractivity contribution in [2.75, 3.05) is 5.43 Å². The quantitative estimate of drug-likeness (QED) is 0.654. The maximum Gasteiger partial charge on any atom is 0.305 e. The first-order valence-electron chi connectivity index (χ1n) is 4.47. The van der Waals surface area contributed by atoms with Gasteiger partial charge < -0.3 is 4.98 Å². The van der Waals surface area contributed by atoms with Gasteiger partial charge in [-0.05, 0) is 12.1 Å². The highest BCUT2D eigenvalue weighted by Gasteiger charge is 2.05. The molecule has 0 saturated carbocycles. The van der Waals surface area contributed by atoms with Gasteiger partial charge in [0.25, 0.3) is 0 Å². The summed E-state index contributed by atoms with van der Waals surface area (Å²) < 4.78 is 0. The molecule has 5 nitrogen and oxygen atoms in total. The predicted octanol–water partition coefficient (Wildman–Crippen LogP) is 1.17. The summed E-state index contributed by atoms with van der Waals surface area (Å²) in [4.78, 5) is 17.9. The van der Waals surface area contributed by atoms with Crippen LogP contribution in [0.5, 0.6) is 0 Å². The van der Waals surface area contributed by atoms with Crippen molar-refractivity contribution in [1.29, 1.82) is 0 Å². The normalized spacial score (nSPS) is 9.60. The van der Waals surface area contributed by atoms with Crippen LogP contribution >= 0.6 is 0 Å². The highest BCUT2D eigenvalue weighted by atomic mass is 16.2. The number of carbonyl (C=O) groups is 1. The van der Waals surface area contributed by atoms with Crippen LogP contribution < -0.4 is 10.9 Å². The highest BCUT2D eigenvalue weighted by Crippen LogP contribution is 2.02. The lowest BCUT2D eigenvalue weighted by Crippen LogP contribution is -2.30. The topological polar surface area (TPSA) is 69.8 Å². The standard InChI is InChI=1S/C10H10N4O/c15-10(9-11-6-7-12-9)14-13-8-4-2-1-3-5-8/h1-7,13H,(H,11,12)(H,14,15). The second kappa shape index (κ2) is 4.28.